The van der Waals surface area contributed by atoms with Crippen LogP contribution in [0.15, 0.2) is 42.6 Å². The Labute approximate surface area is 159 Å². The van der Waals surface area contributed by atoms with Gasteiger partial charge in [0.2, 0.25) is 0 Å². The van der Waals surface area contributed by atoms with Crippen LogP contribution < -0.4 is 0 Å². The van der Waals surface area contributed by atoms with E-state index in [1.54, 1.807) is 18.3 Å². The normalized spacial score (nSPS) is 31.7. The lowest BCUT2D eigenvalue weighted by atomic mass is 9.75. The molecule has 6 rings (SSSR count). The molecule has 1 aromatic heterocycles. The number of pyridine rings is 1. The van der Waals surface area contributed by atoms with Gasteiger partial charge >= 0.3 is 0 Å². The number of rotatable bonds is 2. The van der Waals surface area contributed by atoms with E-state index in [4.69, 9.17) is 0 Å². The van der Waals surface area contributed by atoms with Crippen LogP contribution in [0, 0.1) is 12.8 Å². The molecule has 1 amide bonds. The third-order valence-corrected chi connectivity index (χ3v) is 6.75. The molecule has 3 atom stereocenters. The SMILES string of the molecule is Cc1ccc([C@@H]2CN(C(=O)c3ncccc3O)[C@@H]3C4CCN(CC4)[C@@H]32)cc1. The number of likely N-dealkylation sites (tertiary alicyclic amines) is 1. The number of benzene rings is 1. The van der Waals surface area contributed by atoms with Crippen LogP contribution in [0.4, 0.5) is 0 Å². The lowest BCUT2D eigenvalue weighted by Gasteiger charge is -2.51. The van der Waals surface area contributed by atoms with Crippen molar-refractivity contribution in [3.05, 3.63) is 59.4 Å². The maximum Gasteiger partial charge on any atom is 0.276 e. The van der Waals surface area contributed by atoms with Gasteiger partial charge in [-0.3, -0.25) is 9.69 Å². The summed E-state index contributed by atoms with van der Waals surface area (Å²) in [5.41, 5.74) is 2.74. The minimum absolute atomic E-state index is 0.0286. The standard InChI is InChI=1S/C22H25N3O2/c1-14-4-6-15(7-5-14)17-13-25(22(27)19-18(26)3-2-10-23-19)20-16-8-11-24(12-9-16)21(17)20/h2-7,10,16-17,20-21,26H,8-9,11-13H2,1H3/t17-,20+,21+/m0/s1. The fourth-order valence-electron chi connectivity index (χ4n) is 5.46. The average molecular weight is 363 g/mol. The highest BCUT2D eigenvalue weighted by molar-refractivity contribution is 5.95. The molecule has 0 aliphatic carbocycles. The zero-order valence-corrected chi connectivity index (χ0v) is 15.6. The summed E-state index contributed by atoms with van der Waals surface area (Å²) < 4.78 is 0. The number of hydrogen-bond donors (Lipinski definition) is 1. The van der Waals surface area contributed by atoms with Crippen molar-refractivity contribution in [2.45, 2.75) is 37.8 Å². The summed E-state index contributed by atoms with van der Waals surface area (Å²) in [6.07, 6.45) is 3.88. The Balaban J connectivity index is 1.53. The number of amides is 1. The van der Waals surface area contributed by atoms with Gasteiger partial charge in [-0.1, -0.05) is 29.8 Å². The summed E-state index contributed by atoms with van der Waals surface area (Å²) in [6.45, 7) is 5.06. The molecular formula is C22H25N3O2. The molecule has 5 nitrogen and oxygen atoms in total. The fraction of sp³-hybridized carbons (Fsp3) is 0.455. The summed E-state index contributed by atoms with van der Waals surface area (Å²) in [5.74, 6) is 0.698. The second kappa shape index (κ2) is 6.34. The number of aryl methyl sites for hydroxylation is 1. The fourth-order valence-corrected chi connectivity index (χ4v) is 5.46. The van der Waals surface area contributed by atoms with Gasteiger partial charge in [-0.05, 0) is 56.5 Å². The summed E-state index contributed by atoms with van der Waals surface area (Å²) in [6, 6.07) is 12.5. The van der Waals surface area contributed by atoms with Crippen molar-refractivity contribution in [2.75, 3.05) is 19.6 Å². The number of piperidine rings is 3. The van der Waals surface area contributed by atoms with Crippen LogP contribution in [0.3, 0.4) is 0 Å². The Morgan fingerprint density at radius 1 is 1.11 bits per heavy atom. The Morgan fingerprint density at radius 3 is 2.56 bits per heavy atom. The number of carbonyl (C=O) groups excluding carboxylic acids is 1. The van der Waals surface area contributed by atoms with Gasteiger partial charge in [-0.15, -0.1) is 0 Å². The highest BCUT2D eigenvalue weighted by atomic mass is 16.3. The summed E-state index contributed by atoms with van der Waals surface area (Å²) in [5, 5.41) is 10.2. The predicted octanol–water partition coefficient (Wildman–Crippen LogP) is 2.80. The average Bonchev–Trinajstić information content (AvgIpc) is 3.12. The van der Waals surface area contributed by atoms with Crippen LogP contribution in [0.5, 0.6) is 5.75 Å². The maximum absolute atomic E-state index is 13.3. The second-order valence-electron chi connectivity index (χ2n) is 8.20. The van der Waals surface area contributed by atoms with Crippen LogP contribution in [0.1, 0.15) is 40.4 Å². The van der Waals surface area contributed by atoms with Gasteiger partial charge < -0.3 is 10.0 Å². The highest BCUT2D eigenvalue weighted by Crippen LogP contribution is 2.47. The molecule has 2 bridgehead atoms. The van der Waals surface area contributed by atoms with Crippen molar-refractivity contribution in [3.8, 4) is 5.75 Å². The van der Waals surface area contributed by atoms with Crippen molar-refractivity contribution in [3.63, 3.8) is 0 Å². The number of aromatic hydroxyl groups is 1. The molecule has 5 heteroatoms. The zero-order chi connectivity index (χ0) is 18.5. The summed E-state index contributed by atoms with van der Waals surface area (Å²) >= 11 is 0. The Morgan fingerprint density at radius 2 is 1.85 bits per heavy atom. The first kappa shape index (κ1) is 16.8. The van der Waals surface area contributed by atoms with E-state index in [-0.39, 0.29) is 23.4 Å². The molecule has 0 unspecified atom stereocenters. The van der Waals surface area contributed by atoms with Crippen molar-refractivity contribution in [2.24, 2.45) is 5.92 Å². The summed E-state index contributed by atoms with van der Waals surface area (Å²) in [4.78, 5) is 22.1. The topological polar surface area (TPSA) is 56.7 Å². The van der Waals surface area contributed by atoms with E-state index in [2.05, 4.69) is 41.1 Å². The molecule has 5 heterocycles. The van der Waals surface area contributed by atoms with Gasteiger partial charge in [0.15, 0.2) is 5.69 Å². The number of nitrogens with zero attached hydrogens (tertiary/aromatic N) is 3. The smallest absolute Gasteiger partial charge is 0.276 e. The molecule has 1 N–H and O–H groups in total. The number of aromatic nitrogens is 1. The second-order valence-corrected chi connectivity index (χ2v) is 8.20. The van der Waals surface area contributed by atoms with E-state index >= 15 is 0 Å². The molecule has 27 heavy (non-hydrogen) atoms. The minimum atomic E-state index is -0.133. The number of fused-ring (bicyclic) bond motifs is 2. The molecule has 4 fully saturated rings. The van der Waals surface area contributed by atoms with Gasteiger partial charge in [0.1, 0.15) is 5.75 Å². The summed E-state index contributed by atoms with van der Waals surface area (Å²) in [7, 11) is 0. The van der Waals surface area contributed by atoms with Crippen LogP contribution in [-0.4, -0.2) is 57.5 Å². The first-order chi connectivity index (χ1) is 13.1. The van der Waals surface area contributed by atoms with Gasteiger partial charge in [-0.2, -0.15) is 0 Å². The van der Waals surface area contributed by atoms with E-state index in [1.165, 1.54) is 11.1 Å². The first-order valence-corrected chi connectivity index (χ1v) is 9.89. The lowest BCUT2D eigenvalue weighted by Crippen LogP contribution is -2.60. The van der Waals surface area contributed by atoms with E-state index < -0.39 is 0 Å². The molecule has 2 aromatic rings. The van der Waals surface area contributed by atoms with E-state index in [0.29, 0.717) is 24.4 Å². The molecule has 0 saturated carbocycles. The Bertz CT molecular complexity index is 858. The van der Waals surface area contributed by atoms with E-state index in [1.807, 2.05) is 4.90 Å². The zero-order valence-electron chi connectivity index (χ0n) is 15.6. The van der Waals surface area contributed by atoms with Gasteiger partial charge in [-0.25, -0.2) is 4.98 Å². The Kier molecular flexibility index (Phi) is 3.93. The Hall–Kier alpha value is -2.40. The maximum atomic E-state index is 13.3. The van der Waals surface area contributed by atoms with Crippen molar-refractivity contribution < 1.29 is 9.90 Å². The molecule has 4 saturated heterocycles. The molecule has 4 aliphatic heterocycles. The monoisotopic (exact) mass is 363 g/mol. The van der Waals surface area contributed by atoms with Crippen molar-refractivity contribution >= 4 is 5.91 Å². The largest absolute Gasteiger partial charge is 0.505 e. The molecule has 140 valence electrons. The van der Waals surface area contributed by atoms with E-state index in [0.717, 1.165) is 25.9 Å². The molecular weight excluding hydrogens is 338 g/mol. The highest BCUT2D eigenvalue weighted by Gasteiger charge is 2.55. The molecule has 0 spiro atoms. The molecule has 1 aromatic carbocycles. The first-order valence-electron chi connectivity index (χ1n) is 9.89. The van der Waals surface area contributed by atoms with Crippen LogP contribution in [-0.2, 0) is 0 Å². The lowest BCUT2D eigenvalue weighted by molar-refractivity contribution is -0.00366. The molecule has 0 radical (unpaired) electrons. The van der Waals surface area contributed by atoms with Crippen molar-refractivity contribution in [1.29, 1.82) is 0 Å². The molecule has 4 aliphatic rings. The van der Waals surface area contributed by atoms with Crippen LogP contribution in [0.2, 0.25) is 0 Å². The predicted molar refractivity (Wildman–Crippen MR) is 103 cm³/mol. The third-order valence-electron chi connectivity index (χ3n) is 6.75. The number of carbonyl (C=O) groups is 1. The van der Waals surface area contributed by atoms with Crippen LogP contribution in [0.25, 0.3) is 0 Å². The minimum Gasteiger partial charge on any atom is -0.505 e. The van der Waals surface area contributed by atoms with Gasteiger partial charge in [0.25, 0.3) is 5.91 Å². The number of hydrogen-bond acceptors (Lipinski definition) is 4. The van der Waals surface area contributed by atoms with Gasteiger partial charge in [0, 0.05) is 24.7 Å². The third kappa shape index (κ3) is 2.64. The van der Waals surface area contributed by atoms with Gasteiger partial charge in [0.05, 0.1) is 6.04 Å². The van der Waals surface area contributed by atoms with Crippen molar-refractivity contribution in [1.82, 2.24) is 14.8 Å². The van der Waals surface area contributed by atoms with Crippen LogP contribution >= 0.6 is 0 Å². The quantitative estimate of drug-likeness (QED) is 0.891. The van der Waals surface area contributed by atoms with E-state index in [9.17, 15) is 9.90 Å².